The molecule has 2 aliphatic carbocycles. The summed E-state index contributed by atoms with van der Waals surface area (Å²) in [6.07, 6.45) is 8.18. The Kier molecular flexibility index (Phi) is 5.23. The maximum Gasteiger partial charge on any atom is 0.307 e. The fourth-order valence-corrected chi connectivity index (χ4v) is 3.02. The smallest absolute Gasteiger partial charge is 0.307 e. The van der Waals surface area contributed by atoms with Gasteiger partial charge in [0, 0.05) is 18.5 Å². The second kappa shape index (κ2) is 6.92. The summed E-state index contributed by atoms with van der Waals surface area (Å²) < 4.78 is 4.96. The second-order valence-electron chi connectivity index (χ2n) is 5.65. The van der Waals surface area contributed by atoms with E-state index in [0.717, 1.165) is 25.7 Å². The van der Waals surface area contributed by atoms with Crippen molar-refractivity contribution in [2.75, 3.05) is 13.2 Å². The number of amides is 1. The van der Waals surface area contributed by atoms with Crippen LogP contribution in [0.15, 0.2) is 0 Å². The Labute approximate surface area is 115 Å². The van der Waals surface area contributed by atoms with Crippen LogP contribution >= 0.6 is 0 Å². The standard InChI is InChI=1S/C15H25NO3/c1-2-19-14(17)10-11-16(13-8-3-4-9-13)15(18)12-6-5-7-12/h12-13H,2-11H2,1H3. The molecule has 19 heavy (non-hydrogen) atoms. The summed E-state index contributed by atoms with van der Waals surface area (Å²) in [5, 5.41) is 0. The second-order valence-corrected chi connectivity index (χ2v) is 5.65. The number of nitrogens with zero attached hydrogens (tertiary/aromatic N) is 1. The van der Waals surface area contributed by atoms with Crippen molar-refractivity contribution in [2.24, 2.45) is 5.92 Å². The summed E-state index contributed by atoms with van der Waals surface area (Å²) in [5.41, 5.74) is 0. The van der Waals surface area contributed by atoms with E-state index in [4.69, 9.17) is 4.74 Å². The minimum absolute atomic E-state index is 0.188. The number of carbonyl (C=O) groups excluding carboxylic acids is 2. The van der Waals surface area contributed by atoms with E-state index in [1.807, 2.05) is 11.8 Å². The van der Waals surface area contributed by atoms with Crippen LogP contribution in [-0.4, -0.2) is 36.0 Å². The van der Waals surface area contributed by atoms with Crippen molar-refractivity contribution < 1.29 is 14.3 Å². The maximum atomic E-state index is 12.5. The van der Waals surface area contributed by atoms with E-state index in [1.54, 1.807) is 0 Å². The van der Waals surface area contributed by atoms with Gasteiger partial charge in [-0.1, -0.05) is 19.3 Å². The molecule has 108 valence electrons. The quantitative estimate of drug-likeness (QED) is 0.695. The van der Waals surface area contributed by atoms with Gasteiger partial charge < -0.3 is 9.64 Å². The van der Waals surface area contributed by atoms with Crippen LogP contribution in [0.2, 0.25) is 0 Å². The lowest BCUT2D eigenvalue weighted by molar-refractivity contribution is -0.146. The van der Waals surface area contributed by atoms with Crippen molar-refractivity contribution in [3.8, 4) is 0 Å². The van der Waals surface area contributed by atoms with Crippen molar-refractivity contribution in [3.05, 3.63) is 0 Å². The topological polar surface area (TPSA) is 46.6 Å². The Hall–Kier alpha value is -1.06. The molecular weight excluding hydrogens is 242 g/mol. The van der Waals surface area contributed by atoms with Crippen LogP contribution in [0.3, 0.4) is 0 Å². The molecule has 0 aromatic heterocycles. The summed E-state index contributed by atoms with van der Waals surface area (Å²) in [6.45, 7) is 2.77. The molecule has 0 radical (unpaired) electrons. The maximum absolute atomic E-state index is 12.5. The fourth-order valence-electron chi connectivity index (χ4n) is 3.02. The number of ether oxygens (including phenoxy) is 1. The minimum Gasteiger partial charge on any atom is -0.466 e. The van der Waals surface area contributed by atoms with E-state index in [0.29, 0.717) is 25.6 Å². The van der Waals surface area contributed by atoms with Crippen molar-refractivity contribution in [3.63, 3.8) is 0 Å². The minimum atomic E-state index is -0.188. The third-order valence-electron chi connectivity index (χ3n) is 4.37. The van der Waals surface area contributed by atoms with Crippen molar-refractivity contribution in [2.45, 2.75) is 64.3 Å². The van der Waals surface area contributed by atoms with Gasteiger partial charge in [-0.3, -0.25) is 9.59 Å². The fraction of sp³-hybridized carbons (Fsp3) is 0.867. The van der Waals surface area contributed by atoms with Crippen LogP contribution in [-0.2, 0) is 14.3 Å². The first-order valence-electron chi connectivity index (χ1n) is 7.68. The van der Waals surface area contributed by atoms with Gasteiger partial charge in [0.05, 0.1) is 13.0 Å². The van der Waals surface area contributed by atoms with Crippen LogP contribution in [0.1, 0.15) is 58.3 Å². The molecule has 0 aromatic carbocycles. The lowest BCUT2D eigenvalue weighted by Crippen LogP contribution is -2.45. The normalized spacial score (nSPS) is 20.1. The van der Waals surface area contributed by atoms with Gasteiger partial charge in [0.25, 0.3) is 0 Å². The lowest BCUT2D eigenvalue weighted by atomic mass is 9.84. The van der Waals surface area contributed by atoms with E-state index < -0.39 is 0 Å². The molecule has 2 fully saturated rings. The first-order chi connectivity index (χ1) is 9.22. The molecule has 0 N–H and O–H groups in total. The Morgan fingerprint density at radius 1 is 1.11 bits per heavy atom. The predicted molar refractivity (Wildman–Crippen MR) is 72.6 cm³/mol. The third-order valence-corrected chi connectivity index (χ3v) is 4.37. The van der Waals surface area contributed by atoms with Gasteiger partial charge in [0.1, 0.15) is 0 Å². The lowest BCUT2D eigenvalue weighted by Gasteiger charge is -2.35. The van der Waals surface area contributed by atoms with Gasteiger partial charge in [-0.15, -0.1) is 0 Å². The van der Waals surface area contributed by atoms with E-state index >= 15 is 0 Å². The van der Waals surface area contributed by atoms with Gasteiger partial charge in [0.2, 0.25) is 5.91 Å². The van der Waals surface area contributed by atoms with E-state index in [2.05, 4.69) is 0 Å². The molecule has 1 amide bonds. The highest BCUT2D eigenvalue weighted by Crippen LogP contribution is 2.32. The van der Waals surface area contributed by atoms with Crippen LogP contribution < -0.4 is 0 Å². The number of esters is 1. The Morgan fingerprint density at radius 2 is 1.79 bits per heavy atom. The van der Waals surface area contributed by atoms with Crippen molar-refractivity contribution in [1.82, 2.24) is 4.90 Å². The Balaban J connectivity index is 1.89. The third kappa shape index (κ3) is 3.71. The largest absolute Gasteiger partial charge is 0.466 e. The Morgan fingerprint density at radius 3 is 2.32 bits per heavy atom. The highest BCUT2D eigenvalue weighted by atomic mass is 16.5. The average Bonchev–Trinajstić information content (AvgIpc) is 2.81. The molecule has 2 aliphatic rings. The highest BCUT2D eigenvalue weighted by Gasteiger charge is 2.34. The van der Waals surface area contributed by atoms with E-state index in [-0.39, 0.29) is 17.8 Å². The molecular formula is C15H25NO3. The summed E-state index contributed by atoms with van der Waals surface area (Å²) in [6, 6.07) is 0.363. The number of hydrogen-bond acceptors (Lipinski definition) is 3. The molecule has 2 rings (SSSR count). The SMILES string of the molecule is CCOC(=O)CCN(C(=O)C1CCC1)C1CCCC1. The first-order valence-corrected chi connectivity index (χ1v) is 7.68. The molecule has 0 aliphatic heterocycles. The van der Waals surface area contributed by atoms with Crippen molar-refractivity contribution >= 4 is 11.9 Å². The Bertz CT molecular complexity index is 319. The molecule has 0 spiro atoms. The summed E-state index contributed by atoms with van der Waals surface area (Å²) in [5.74, 6) is 0.317. The van der Waals surface area contributed by atoms with Gasteiger partial charge in [-0.25, -0.2) is 0 Å². The zero-order chi connectivity index (χ0) is 13.7. The monoisotopic (exact) mass is 267 g/mol. The predicted octanol–water partition coefficient (Wildman–Crippen LogP) is 2.51. The molecule has 0 aromatic rings. The molecule has 4 nitrogen and oxygen atoms in total. The zero-order valence-electron chi connectivity index (χ0n) is 11.9. The number of hydrogen-bond donors (Lipinski definition) is 0. The van der Waals surface area contributed by atoms with E-state index in [9.17, 15) is 9.59 Å². The average molecular weight is 267 g/mol. The summed E-state index contributed by atoms with van der Waals surface area (Å²) in [7, 11) is 0. The van der Waals surface area contributed by atoms with Gasteiger partial charge in [-0.05, 0) is 32.6 Å². The summed E-state index contributed by atoms with van der Waals surface area (Å²) in [4.78, 5) is 25.9. The molecule has 2 saturated carbocycles. The van der Waals surface area contributed by atoms with Crippen LogP contribution in [0.25, 0.3) is 0 Å². The van der Waals surface area contributed by atoms with Crippen LogP contribution in [0.5, 0.6) is 0 Å². The molecule has 0 bridgehead atoms. The number of rotatable bonds is 6. The molecule has 0 atom stereocenters. The van der Waals surface area contributed by atoms with Gasteiger partial charge in [0.15, 0.2) is 0 Å². The van der Waals surface area contributed by atoms with Gasteiger partial charge in [-0.2, -0.15) is 0 Å². The highest BCUT2D eigenvalue weighted by molar-refractivity contribution is 5.80. The van der Waals surface area contributed by atoms with Crippen LogP contribution in [0, 0.1) is 5.92 Å². The number of carbonyl (C=O) groups is 2. The molecule has 4 heteroatoms. The first kappa shape index (κ1) is 14.4. The molecule has 0 heterocycles. The van der Waals surface area contributed by atoms with Crippen molar-refractivity contribution in [1.29, 1.82) is 0 Å². The van der Waals surface area contributed by atoms with Gasteiger partial charge >= 0.3 is 5.97 Å². The molecule has 0 saturated heterocycles. The van der Waals surface area contributed by atoms with Crippen LogP contribution in [0.4, 0.5) is 0 Å². The molecule has 0 unspecified atom stereocenters. The summed E-state index contributed by atoms with van der Waals surface area (Å²) >= 11 is 0. The van der Waals surface area contributed by atoms with E-state index in [1.165, 1.54) is 19.3 Å². The zero-order valence-corrected chi connectivity index (χ0v) is 11.9.